The number of imidazole rings is 1. The average molecular weight is 925 g/mol. The topological polar surface area (TPSA) is 235 Å². The molecular formula is C50H60N12O6. The lowest BCUT2D eigenvalue weighted by Crippen LogP contribution is -2.52. The first-order valence-corrected chi connectivity index (χ1v) is 23.8. The molecule has 3 aliphatic heterocycles. The van der Waals surface area contributed by atoms with Crippen molar-refractivity contribution in [3.05, 3.63) is 89.5 Å². The monoisotopic (exact) mass is 924 g/mol. The van der Waals surface area contributed by atoms with Gasteiger partial charge >= 0.3 is 0 Å². The number of hydrogen-bond acceptors (Lipinski definition) is 13. The molecule has 4 aromatic heterocycles. The molecule has 2 bridgehead atoms. The summed E-state index contributed by atoms with van der Waals surface area (Å²) in [5, 5.41) is 15.2. The van der Waals surface area contributed by atoms with E-state index >= 15 is 0 Å². The molecule has 1 aliphatic carbocycles. The Balaban J connectivity index is 0.859. The molecule has 1 aromatic carbocycles. The maximum absolute atomic E-state index is 13.8. The van der Waals surface area contributed by atoms with Crippen LogP contribution in [0.1, 0.15) is 118 Å². The van der Waals surface area contributed by atoms with Crippen LogP contribution in [-0.4, -0.2) is 104 Å². The van der Waals surface area contributed by atoms with Gasteiger partial charge in [0.25, 0.3) is 5.91 Å². The van der Waals surface area contributed by atoms with Crippen molar-refractivity contribution >= 4 is 58.5 Å². The number of nitrogens with one attached hydrogen (secondary N) is 4. The van der Waals surface area contributed by atoms with Crippen LogP contribution in [0.2, 0.25) is 0 Å². The van der Waals surface area contributed by atoms with E-state index in [9.17, 15) is 24.0 Å². The second-order valence-corrected chi connectivity index (χ2v) is 19.7. The largest absolute Gasteiger partial charge is 0.382 e. The fourth-order valence-corrected chi connectivity index (χ4v) is 9.86. The molecule has 1 saturated carbocycles. The van der Waals surface area contributed by atoms with Gasteiger partial charge in [-0.05, 0) is 74.6 Å². The minimum absolute atomic E-state index is 0.00879. The van der Waals surface area contributed by atoms with Crippen molar-refractivity contribution in [2.24, 2.45) is 5.92 Å². The zero-order chi connectivity index (χ0) is 47.5. The van der Waals surface area contributed by atoms with Crippen molar-refractivity contribution in [2.45, 2.75) is 108 Å². The van der Waals surface area contributed by atoms with Crippen molar-refractivity contribution in [3.63, 3.8) is 0 Å². The molecule has 2 saturated heterocycles. The summed E-state index contributed by atoms with van der Waals surface area (Å²) in [6.45, 7) is 9.53. The van der Waals surface area contributed by atoms with Gasteiger partial charge in [-0.25, -0.2) is 15.0 Å². The van der Waals surface area contributed by atoms with Crippen molar-refractivity contribution in [2.75, 3.05) is 48.7 Å². The van der Waals surface area contributed by atoms with E-state index in [0.717, 1.165) is 104 Å². The van der Waals surface area contributed by atoms with Gasteiger partial charge in [0.15, 0.2) is 5.82 Å². The molecule has 356 valence electrons. The zero-order valence-electron chi connectivity index (χ0n) is 38.9. The van der Waals surface area contributed by atoms with Crippen LogP contribution in [0.15, 0.2) is 65.5 Å². The Kier molecular flexibility index (Phi) is 13.4. The van der Waals surface area contributed by atoms with Gasteiger partial charge in [0.05, 0.1) is 36.7 Å². The number of piperidine rings is 2. The van der Waals surface area contributed by atoms with Gasteiger partial charge in [-0.2, -0.15) is 0 Å². The van der Waals surface area contributed by atoms with Crippen LogP contribution in [0, 0.1) is 5.92 Å². The van der Waals surface area contributed by atoms with Gasteiger partial charge in [0.2, 0.25) is 23.6 Å². The summed E-state index contributed by atoms with van der Waals surface area (Å²) in [5.74, 6) is 1.38. The molecule has 4 aliphatic rings. The lowest BCUT2D eigenvalue weighted by molar-refractivity contribution is -0.134. The number of amides is 5. The molecule has 5 aromatic rings. The molecule has 0 spiro atoms. The first-order valence-electron chi connectivity index (χ1n) is 23.8. The smallest absolute Gasteiger partial charge is 0.270 e. The van der Waals surface area contributed by atoms with Crippen molar-refractivity contribution in [1.29, 1.82) is 0 Å². The van der Waals surface area contributed by atoms with E-state index in [0.29, 0.717) is 36.4 Å². The number of fused-ring (bicyclic) bond motifs is 3. The number of pyridine rings is 1. The molecule has 6 N–H and O–H groups in total. The first kappa shape index (κ1) is 46.2. The Morgan fingerprint density at radius 1 is 0.941 bits per heavy atom. The van der Waals surface area contributed by atoms with Crippen LogP contribution in [0.25, 0.3) is 22.9 Å². The molecule has 0 radical (unpaired) electrons. The number of hydrogen-bond donors (Lipinski definition) is 5. The highest BCUT2D eigenvalue weighted by Crippen LogP contribution is 2.38. The van der Waals surface area contributed by atoms with Crippen molar-refractivity contribution in [3.8, 4) is 11.3 Å². The lowest BCUT2D eigenvalue weighted by Gasteiger charge is -2.36. The summed E-state index contributed by atoms with van der Waals surface area (Å²) >= 11 is 0. The summed E-state index contributed by atoms with van der Waals surface area (Å²) < 4.78 is 7.59. The standard InChI is InChI=1S/C50H60N12O6/c1-50(2,3)39-25-40(59-68-39)56-42(64)23-30-10-12-32(13-11-30)44-45-46(51)53-27-36-9-4-5-20-60(29-43(65)54-34-8-6-7-33(24-34)47(58-44)62(36)45)28-31-18-21-61(22-19-31)35-14-15-37(52-26-35)48(66)55-38-16-17-41(63)57-49(38)67/h4,9-15,25-27,31,33-34,38H,5-8,16-24,28-29H2,1-3H3,(H2,51,53)(H,54,65)(H,55,66)(H,56,59,64)(H,57,63,67)/b9-4+/t33-,34-,38?/m1/s1. The number of carbonyl (C=O) groups excluding carboxylic acids is 5. The normalized spacial score (nSPS) is 21.4. The quantitative estimate of drug-likeness (QED) is 0.121. The Bertz CT molecular complexity index is 2710. The minimum atomic E-state index is -0.762. The molecule has 18 nitrogen and oxygen atoms in total. The maximum Gasteiger partial charge on any atom is 0.270 e. The second-order valence-electron chi connectivity index (χ2n) is 19.7. The molecule has 7 heterocycles. The van der Waals surface area contributed by atoms with Crippen molar-refractivity contribution < 1.29 is 28.5 Å². The van der Waals surface area contributed by atoms with E-state index in [1.54, 1.807) is 18.3 Å². The zero-order valence-corrected chi connectivity index (χ0v) is 38.9. The molecule has 9 rings (SSSR count). The number of nitrogens with zero attached hydrogens (tertiary/aromatic N) is 7. The Hall–Kier alpha value is -6.95. The number of rotatable bonds is 9. The number of benzene rings is 1. The fourth-order valence-electron chi connectivity index (χ4n) is 9.86. The highest BCUT2D eigenvalue weighted by atomic mass is 16.5. The molecule has 3 atom stereocenters. The number of anilines is 3. The van der Waals surface area contributed by atoms with Crippen LogP contribution < -0.4 is 31.9 Å². The van der Waals surface area contributed by atoms with Crippen LogP contribution in [0.5, 0.6) is 0 Å². The van der Waals surface area contributed by atoms with Gasteiger partial charge in [-0.3, -0.25) is 38.6 Å². The molecule has 18 heteroatoms. The third-order valence-corrected chi connectivity index (χ3v) is 13.5. The summed E-state index contributed by atoms with van der Waals surface area (Å²) in [7, 11) is 0. The van der Waals surface area contributed by atoms with Crippen LogP contribution in [-0.2, 0) is 31.0 Å². The number of nitrogens with two attached hydrogens (primary N) is 1. The molecule has 68 heavy (non-hydrogen) atoms. The van der Waals surface area contributed by atoms with E-state index in [2.05, 4.69) is 62.7 Å². The Morgan fingerprint density at radius 3 is 2.49 bits per heavy atom. The molecule has 1 unspecified atom stereocenters. The molecule has 5 amide bonds. The van der Waals surface area contributed by atoms with Gasteiger partial charge < -0.3 is 31.1 Å². The predicted octanol–water partition coefficient (Wildman–Crippen LogP) is 5.15. The number of imide groups is 1. The van der Waals surface area contributed by atoms with E-state index in [1.165, 1.54) is 0 Å². The average Bonchev–Trinajstić information content (AvgIpc) is 3.97. The first-order chi connectivity index (χ1) is 32.7. The van der Waals surface area contributed by atoms with E-state index in [4.69, 9.17) is 15.2 Å². The van der Waals surface area contributed by atoms with Gasteiger partial charge in [0.1, 0.15) is 40.3 Å². The minimum Gasteiger partial charge on any atom is -0.382 e. The summed E-state index contributed by atoms with van der Waals surface area (Å²) in [6, 6.07) is 12.4. The van der Waals surface area contributed by atoms with E-state index in [1.807, 2.05) is 57.3 Å². The van der Waals surface area contributed by atoms with Gasteiger partial charge in [-0.1, -0.05) is 62.7 Å². The SMILES string of the molecule is CC(C)(C)c1cc(NC(=O)Cc2ccc(-c3nc4n5c(cnc(N)c35)/C=C/CCN(CC3CCN(c5ccc(C(=O)NC6CCC(=O)NC6=O)nc5)CC3)CC(=O)N[C@@H]3CCC[C@@H]4C3)cc2)no1. The van der Waals surface area contributed by atoms with E-state index < -0.39 is 17.9 Å². The maximum atomic E-state index is 13.8. The Morgan fingerprint density at radius 2 is 1.75 bits per heavy atom. The Labute approximate surface area is 394 Å². The highest BCUT2D eigenvalue weighted by Gasteiger charge is 2.32. The third-order valence-electron chi connectivity index (χ3n) is 13.5. The summed E-state index contributed by atoms with van der Waals surface area (Å²) in [4.78, 5) is 82.1. The molecule has 3 fully saturated rings. The highest BCUT2D eigenvalue weighted by molar-refractivity contribution is 6.03. The number of carbonyl (C=O) groups is 5. The third kappa shape index (κ3) is 10.6. The summed E-state index contributed by atoms with van der Waals surface area (Å²) in [5.41, 5.74) is 11.6. The fraction of sp³-hybridized carbons (Fsp3) is 0.460. The summed E-state index contributed by atoms with van der Waals surface area (Å²) in [6.07, 6.45) is 14.5. The second kappa shape index (κ2) is 19.7. The van der Waals surface area contributed by atoms with Crippen LogP contribution >= 0.6 is 0 Å². The van der Waals surface area contributed by atoms with Gasteiger partial charge in [0, 0.05) is 61.6 Å². The van der Waals surface area contributed by atoms with Crippen molar-refractivity contribution in [1.82, 2.24) is 45.4 Å². The number of nitrogen functional groups attached to an aromatic ring is 1. The van der Waals surface area contributed by atoms with Crippen LogP contribution in [0.3, 0.4) is 0 Å². The lowest BCUT2D eigenvalue weighted by atomic mass is 9.85. The molecular weight excluding hydrogens is 865 g/mol. The van der Waals surface area contributed by atoms with Crippen LogP contribution in [0.4, 0.5) is 17.3 Å². The number of aromatic nitrogens is 5. The van der Waals surface area contributed by atoms with Gasteiger partial charge in [-0.15, -0.1) is 0 Å². The van der Waals surface area contributed by atoms with E-state index in [-0.39, 0.29) is 60.1 Å². The predicted molar refractivity (Wildman–Crippen MR) is 256 cm³/mol.